The summed E-state index contributed by atoms with van der Waals surface area (Å²) in [7, 11) is -1.26. The van der Waals surface area contributed by atoms with Crippen molar-refractivity contribution in [2.24, 2.45) is 11.7 Å². The quantitative estimate of drug-likeness (QED) is 0.737. The van der Waals surface area contributed by atoms with Gasteiger partial charge < -0.3 is 20.5 Å². The molecule has 1 amide bonds. The Morgan fingerprint density at radius 1 is 1.29 bits per heavy atom. The molecule has 2 rings (SSSR count). The van der Waals surface area contributed by atoms with Gasteiger partial charge in [-0.05, 0) is 24.5 Å². The average Bonchev–Trinajstić information content (AvgIpc) is 2.58. The summed E-state index contributed by atoms with van der Waals surface area (Å²) in [5.74, 6) is 1.89. The van der Waals surface area contributed by atoms with E-state index in [0.29, 0.717) is 42.1 Å². The van der Waals surface area contributed by atoms with Crippen LogP contribution >= 0.6 is 0 Å². The molecule has 2 atom stereocenters. The molecule has 1 heterocycles. The van der Waals surface area contributed by atoms with E-state index in [1.807, 2.05) is 0 Å². The third kappa shape index (κ3) is 5.49. The molecule has 1 aromatic rings. The Labute approximate surface area is 145 Å². The highest BCUT2D eigenvalue weighted by Gasteiger charge is 2.16. The summed E-state index contributed by atoms with van der Waals surface area (Å²) in [4.78, 5) is 12.7. The minimum Gasteiger partial charge on any atom is -0.486 e. The number of nitrogens with one attached hydrogen (secondary N) is 1. The zero-order chi connectivity index (χ0) is 17.5. The fraction of sp³-hybridized carbons (Fsp3) is 0.588. The molecular weight excluding hydrogens is 328 g/mol. The molecule has 7 heteroatoms. The molecule has 0 fully saturated rings. The van der Waals surface area contributed by atoms with Crippen molar-refractivity contribution < 1.29 is 18.5 Å². The molecule has 0 radical (unpaired) electrons. The lowest BCUT2D eigenvalue weighted by atomic mass is 10.0. The zero-order valence-corrected chi connectivity index (χ0v) is 15.1. The van der Waals surface area contributed by atoms with E-state index >= 15 is 0 Å². The highest BCUT2D eigenvalue weighted by atomic mass is 32.2. The third-order valence-corrected chi connectivity index (χ3v) is 5.05. The van der Waals surface area contributed by atoms with Crippen LogP contribution in [0.5, 0.6) is 11.5 Å². The van der Waals surface area contributed by atoms with E-state index in [0.717, 1.165) is 6.42 Å². The molecule has 1 aliphatic rings. The van der Waals surface area contributed by atoms with Crippen LogP contribution in [0.15, 0.2) is 23.1 Å². The van der Waals surface area contributed by atoms with Crippen molar-refractivity contribution in [3.63, 3.8) is 0 Å². The number of fused-ring (bicyclic) bond motifs is 1. The smallest absolute Gasteiger partial charge is 0.221 e. The monoisotopic (exact) mass is 354 g/mol. The first-order chi connectivity index (χ1) is 11.5. The topological polar surface area (TPSA) is 90.7 Å². The van der Waals surface area contributed by atoms with Crippen LogP contribution in [-0.2, 0) is 15.6 Å². The number of hydrogen-bond acceptors (Lipinski definition) is 5. The van der Waals surface area contributed by atoms with E-state index in [2.05, 4.69) is 19.2 Å². The van der Waals surface area contributed by atoms with E-state index in [9.17, 15) is 9.00 Å². The molecule has 0 bridgehead atoms. The zero-order valence-electron chi connectivity index (χ0n) is 14.2. The van der Waals surface area contributed by atoms with E-state index in [4.69, 9.17) is 15.2 Å². The summed E-state index contributed by atoms with van der Waals surface area (Å²) in [5.41, 5.74) is 5.68. The van der Waals surface area contributed by atoms with Gasteiger partial charge in [-0.2, -0.15) is 0 Å². The summed E-state index contributed by atoms with van der Waals surface area (Å²) < 4.78 is 23.3. The fourth-order valence-electron chi connectivity index (χ4n) is 2.55. The van der Waals surface area contributed by atoms with Gasteiger partial charge >= 0.3 is 0 Å². The Morgan fingerprint density at radius 3 is 2.67 bits per heavy atom. The van der Waals surface area contributed by atoms with E-state index < -0.39 is 10.8 Å². The number of nitrogens with two attached hydrogens (primary N) is 1. The van der Waals surface area contributed by atoms with Gasteiger partial charge in [-0.1, -0.05) is 13.8 Å². The van der Waals surface area contributed by atoms with Gasteiger partial charge in [0.1, 0.15) is 13.2 Å². The van der Waals surface area contributed by atoms with Gasteiger partial charge in [-0.3, -0.25) is 9.00 Å². The SMILES string of the molecule is CC(C)CC(CN)NC(=O)CCS(=O)c1ccc2c(c1)OCCO2. The number of amides is 1. The first-order valence-electron chi connectivity index (χ1n) is 8.27. The lowest BCUT2D eigenvalue weighted by molar-refractivity contribution is -0.121. The van der Waals surface area contributed by atoms with E-state index in [-0.39, 0.29) is 24.1 Å². The second kappa shape index (κ2) is 9.03. The van der Waals surface area contributed by atoms with Crippen LogP contribution in [0.3, 0.4) is 0 Å². The number of ether oxygens (including phenoxy) is 2. The molecule has 1 aromatic carbocycles. The Kier molecular flexibility index (Phi) is 7.05. The van der Waals surface area contributed by atoms with Gasteiger partial charge in [0.05, 0.1) is 10.8 Å². The average molecular weight is 354 g/mol. The van der Waals surface area contributed by atoms with Gasteiger partial charge in [0.2, 0.25) is 5.91 Å². The Balaban J connectivity index is 1.85. The van der Waals surface area contributed by atoms with Crippen LogP contribution < -0.4 is 20.5 Å². The summed E-state index contributed by atoms with van der Waals surface area (Å²) in [6.07, 6.45) is 1.04. The molecule has 3 N–H and O–H groups in total. The Hall–Kier alpha value is -1.60. The Morgan fingerprint density at radius 2 is 2.00 bits per heavy atom. The molecule has 0 spiro atoms. The highest BCUT2D eigenvalue weighted by molar-refractivity contribution is 7.85. The first kappa shape index (κ1) is 18.7. The van der Waals surface area contributed by atoms with Gasteiger partial charge in [0, 0.05) is 35.7 Å². The van der Waals surface area contributed by atoms with Crippen molar-refractivity contribution in [3.05, 3.63) is 18.2 Å². The van der Waals surface area contributed by atoms with Crippen molar-refractivity contribution in [3.8, 4) is 11.5 Å². The van der Waals surface area contributed by atoms with Gasteiger partial charge in [-0.15, -0.1) is 0 Å². The predicted molar refractivity (Wildman–Crippen MR) is 93.8 cm³/mol. The molecule has 0 aromatic heterocycles. The maximum absolute atomic E-state index is 12.4. The third-order valence-electron chi connectivity index (χ3n) is 3.70. The molecule has 6 nitrogen and oxygen atoms in total. The van der Waals surface area contributed by atoms with Crippen molar-refractivity contribution in [1.82, 2.24) is 5.32 Å². The number of carbonyl (C=O) groups is 1. The molecule has 134 valence electrons. The standard InChI is InChI=1S/C17H26N2O4S/c1-12(2)9-13(11-18)19-17(20)5-8-24(21)14-3-4-15-16(10-14)23-7-6-22-15/h3-4,10,12-13H,5-9,11,18H2,1-2H3,(H,19,20). The molecule has 0 saturated carbocycles. The second-order valence-corrected chi connectivity index (χ2v) is 7.81. The molecule has 2 unspecified atom stereocenters. The highest BCUT2D eigenvalue weighted by Crippen LogP contribution is 2.31. The number of benzene rings is 1. The summed E-state index contributed by atoms with van der Waals surface area (Å²) in [5, 5.41) is 2.91. The molecular formula is C17H26N2O4S. The largest absolute Gasteiger partial charge is 0.486 e. The van der Waals surface area contributed by atoms with Crippen molar-refractivity contribution in [2.45, 2.75) is 37.6 Å². The molecule has 0 aliphatic carbocycles. The summed E-state index contributed by atoms with van der Waals surface area (Å²) in [6, 6.07) is 5.21. The molecule has 24 heavy (non-hydrogen) atoms. The minimum atomic E-state index is -1.26. The van der Waals surface area contributed by atoms with Crippen LogP contribution in [-0.4, -0.2) is 41.7 Å². The summed E-state index contributed by atoms with van der Waals surface area (Å²) >= 11 is 0. The predicted octanol–water partition coefficient (Wildman–Crippen LogP) is 1.45. The number of carbonyl (C=O) groups excluding carboxylic acids is 1. The van der Waals surface area contributed by atoms with Crippen molar-refractivity contribution in [1.29, 1.82) is 0 Å². The number of rotatable bonds is 8. The number of hydrogen-bond donors (Lipinski definition) is 2. The van der Waals surface area contributed by atoms with Gasteiger partial charge in [0.15, 0.2) is 11.5 Å². The fourth-order valence-corrected chi connectivity index (χ4v) is 3.62. The second-order valence-electron chi connectivity index (χ2n) is 6.23. The van der Waals surface area contributed by atoms with Crippen molar-refractivity contribution >= 4 is 16.7 Å². The Bertz CT molecular complexity index is 592. The summed E-state index contributed by atoms with van der Waals surface area (Å²) in [6.45, 7) is 5.60. The van der Waals surface area contributed by atoms with Gasteiger partial charge in [-0.25, -0.2) is 0 Å². The van der Waals surface area contributed by atoms with Crippen LogP contribution in [0.1, 0.15) is 26.7 Å². The van der Waals surface area contributed by atoms with E-state index in [1.54, 1.807) is 18.2 Å². The lowest BCUT2D eigenvalue weighted by Crippen LogP contribution is -2.41. The maximum Gasteiger partial charge on any atom is 0.221 e. The molecule has 1 aliphatic heterocycles. The molecule has 0 saturated heterocycles. The van der Waals surface area contributed by atoms with Crippen LogP contribution in [0.2, 0.25) is 0 Å². The van der Waals surface area contributed by atoms with Gasteiger partial charge in [0.25, 0.3) is 0 Å². The normalized spacial score (nSPS) is 15.8. The van der Waals surface area contributed by atoms with Crippen LogP contribution in [0, 0.1) is 5.92 Å². The van der Waals surface area contributed by atoms with Crippen molar-refractivity contribution in [2.75, 3.05) is 25.5 Å². The minimum absolute atomic E-state index is 0.0276. The lowest BCUT2D eigenvalue weighted by Gasteiger charge is -2.19. The van der Waals surface area contributed by atoms with Crippen LogP contribution in [0.25, 0.3) is 0 Å². The maximum atomic E-state index is 12.4. The van der Waals surface area contributed by atoms with Crippen LogP contribution in [0.4, 0.5) is 0 Å². The van der Waals surface area contributed by atoms with E-state index in [1.165, 1.54) is 0 Å². The first-order valence-corrected chi connectivity index (χ1v) is 9.59.